The highest BCUT2D eigenvalue weighted by molar-refractivity contribution is 6.39. The van der Waals surface area contributed by atoms with Crippen LogP contribution in [0.2, 0.25) is 0 Å². The smallest absolute Gasteiger partial charge is 0.267 e. The van der Waals surface area contributed by atoms with Gasteiger partial charge < -0.3 is 10.4 Å². The van der Waals surface area contributed by atoms with Gasteiger partial charge in [-0.1, -0.05) is 0 Å². The lowest BCUT2D eigenvalue weighted by atomic mass is 9.75. The van der Waals surface area contributed by atoms with Gasteiger partial charge in [-0.2, -0.15) is 5.10 Å². The van der Waals surface area contributed by atoms with Gasteiger partial charge in [0.25, 0.3) is 5.91 Å². The average molecular weight is 330 g/mol. The molecule has 0 saturated heterocycles. The van der Waals surface area contributed by atoms with Crippen LogP contribution in [0.1, 0.15) is 31.2 Å². The van der Waals surface area contributed by atoms with Crippen LogP contribution in [0.4, 0.5) is 0 Å². The van der Waals surface area contributed by atoms with Gasteiger partial charge in [-0.15, -0.1) is 0 Å². The van der Waals surface area contributed by atoms with Gasteiger partial charge in [0, 0.05) is 38.3 Å². The van der Waals surface area contributed by atoms with Crippen LogP contribution in [0.5, 0.6) is 0 Å². The minimum atomic E-state index is -0.275. The molecular formula is C17H22N4O3. The van der Waals surface area contributed by atoms with Crippen LogP contribution in [0.15, 0.2) is 29.6 Å². The molecule has 0 unspecified atom stereocenters. The first-order valence-corrected chi connectivity index (χ1v) is 8.25. The number of carbonyl (C=O) groups is 2. The summed E-state index contributed by atoms with van der Waals surface area (Å²) in [5.74, 6) is -0.0579. The summed E-state index contributed by atoms with van der Waals surface area (Å²) >= 11 is 0. The highest BCUT2D eigenvalue weighted by Crippen LogP contribution is 2.31. The van der Waals surface area contributed by atoms with Crippen molar-refractivity contribution in [3.8, 4) is 0 Å². The van der Waals surface area contributed by atoms with Crippen molar-refractivity contribution in [2.24, 2.45) is 11.0 Å². The number of hydrazone groups is 1. The Bertz CT molecular complexity index is 640. The highest BCUT2D eigenvalue weighted by atomic mass is 16.3. The number of hydrogen-bond acceptors (Lipinski definition) is 5. The van der Waals surface area contributed by atoms with Crippen molar-refractivity contribution in [2.45, 2.75) is 44.2 Å². The van der Waals surface area contributed by atoms with Gasteiger partial charge in [0.05, 0.1) is 6.10 Å². The first kappa shape index (κ1) is 16.6. The molecule has 0 bridgehead atoms. The summed E-state index contributed by atoms with van der Waals surface area (Å²) in [7, 11) is 1.56. The molecule has 1 fully saturated rings. The van der Waals surface area contributed by atoms with Crippen LogP contribution in [-0.2, 0) is 16.0 Å². The lowest BCUT2D eigenvalue weighted by Crippen LogP contribution is -2.50. The van der Waals surface area contributed by atoms with Crippen LogP contribution in [0.25, 0.3) is 0 Å². The van der Waals surface area contributed by atoms with E-state index in [4.69, 9.17) is 0 Å². The Morgan fingerprint density at radius 1 is 1.38 bits per heavy atom. The van der Waals surface area contributed by atoms with E-state index in [2.05, 4.69) is 15.4 Å². The number of aromatic nitrogens is 1. The molecule has 1 aliphatic carbocycles. The number of rotatable bonds is 5. The molecule has 2 heterocycles. The Kier molecular flexibility index (Phi) is 4.89. The summed E-state index contributed by atoms with van der Waals surface area (Å²) in [6.07, 6.45) is 5.94. The van der Waals surface area contributed by atoms with E-state index in [1.54, 1.807) is 19.4 Å². The maximum atomic E-state index is 12.5. The van der Waals surface area contributed by atoms with E-state index in [1.807, 2.05) is 12.1 Å². The third kappa shape index (κ3) is 3.79. The Hall–Kier alpha value is -2.28. The number of hydrogen-bond donors (Lipinski definition) is 2. The molecule has 3 rings (SSSR count). The first-order chi connectivity index (χ1) is 11.5. The van der Waals surface area contributed by atoms with Crippen LogP contribution >= 0.6 is 0 Å². The molecule has 2 N–H and O–H groups in total. The zero-order valence-electron chi connectivity index (χ0n) is 13.7. The third-order valence-corrected chi connectivity index (χ3v) is 4.71. The summed E-state index contributed by atoms with van der Waals surface area (Å²) in [6.45, 7) is 0. The normalized spacial score (nSPS) is 24.8. The molecule has 0 spiro atoms. The standard InChI is InChI=1S/C17H22N4O3/c1-21-16(23)3-2-14(20-21)17(24)19-15(12-9-13(22)10-12)8-11-4-6-18-7-5-11/h4-7,12-13,15,22H,2-3,8-10H2,1H3,(H,19,24)/t12?,13?,15-/m0/s1. The summed E-state index contributed by atoms with van der Waals surface area (Å²) in [4.78, 5) is 28.0. The topological polar surface area (TPSA) is 94.9 Å². The second-order valence-electron chi connectivity index (χ2n) is 6.49. The van der Waals surface area contributed by atoms with Crippen LogP contribution < -0.4 is 5.32 Å². The number of nitrogens with one attached hydrogen (secondary N) is 1. The number of carbonyl (C=O) groups excluding carboxylic acids is 2. The Morgan fingerprint density at radius 3 is 2.71 bits per heavy atom. The van der Waals surface area contributed by atoms with Crippen molar-refractivity contribution in [3.63, 3.8) is 0 Å². The summed E-state index contributed by atoms with van der Waals surface area (Å²) in [5.41, 5.74) is 1.48. The van der Waals surface area contributed by atoms with Gasteiger partial charge in [-0.05, 0) is 42.9 Å². The van der Waals surface area contributed by atoms with E-state index in [0.29, 0.717) is 37.8 Å². The number of aliphatic hydroxyl groups is 1. The monoisotopic (exact) mass is 330 g/mol. The van der Waals surface area contributed by atoms with Crippen molar-refractivity contribution in [2.75, 3.05) is 7.05 Å². The average Bonchev–Trinajstić information content (AvgIpc) is 2.55. The van der Waals surface area contributed by atoms with E-state index >= 15 is 0 Å². The van der Waals surface area contributed by atoms with E-state index in [1.165, 1.54) is 5.01 Å². The zero-order chi connectivity index (χ0) is 17.1. The Labute approximate surface area is 140 Å². The molecule has 1 aromatic rings. The second-order valence-corrected chi connectivity index (χ2v) is 6.49. The Morgan fingerprint density at radius 2 is 2.08 bits per heavy atom. The third-order valence-electron chi connectivity index (χ3n) is 4.71. The lowest BCUT2D eigenvalue weighted by molar-refractivity contribution is -0.130. The minimum absolute atomic E-state index is 0.0612. The van der Waals surface area contributed by atoms with E-state index < -0.39 is 0 Å². The van der Waals surface area contributed by atoms with E-state index in [0.717, 1.165) is 5.56 Å². The van der Waals surface area contributed by atoms with Crippen molar-refractivity contribution in [1.82, 2.24) is 15.3 Å². The number of nitrogens with zero attached hydrogens (tertiary/aromatic N) is 3. The Balaban J connectivity index is 1.68. The van der Waals surface area contributed by atoms with E-state index in [-0.39, 0.29) is 29.9 Å². The van der Waals surface area contributed by atoms with E-state index in [9.17, 15) is 14.7 Å². The van der Waals surface area contributed by atoms with Crippen molar-refractivity contribution in [1.29, 1.82) is 0 Å². The van der Waals surface area contributed by atoms with Gasteiger partial charge in [-0.3, -0.25) is 14.6 Å². The predicted molar refractivity (Wildman–Crippen MR) is 88.0 cm³/mol. The fraction of sp³-hybridized carbons (Fsp3) is 0.529. The van der Waals surface area contributed by atoms with Crippen molar-refractivity contribution < 1.29 is 14.7 Å². The quantitative estimate of drug-likeness (QED) is 0.821. The molecule has 1 aromatic heterocycles. The number of aliphatic hydroxyl groups excluding tert-OH is 1. The molecule has 0 aromatic carbocycles. The molecule has 0 radical (unpaired) electrons. The molecule has 1 saturated carbocycles. The van der Waals surface area contributed by atoms with Gasteiger partial charge in [0.15, 0.2) is 0 Å². The summed E-state index contributed by atoms with van der Waals surface area (Å²) in [6, 6.07) is 3.80. The van der Waals surface area contributed by atoms with Crippen LogP contribution in [0, 0.1) is 5.92 Å². The predicted octanol–water partition coefficient (Wildman–Crippen LogP) is 0.488. The molecule has 7 nitrogen and oxygen atoms in total. The van der Waals surface area contributed by atoms with Gasteiger partial charge >= 0.3 is 0 Å². The zero-order valence-corrected chi connectivity index (χ0v) is 13.7. The van der Waals surface area contributed by atoms with Gasteiger partial charge in [-0.25, -0.2) is 5.01 Å². The summed E-state index contributed by atoms with van der Waals surface area (Å²) in [5, 5.41) is 17.9. The molecule has 1 atom stereocenters. The largest absolute Gasteiger partial charge is 0.393 e. The maximum absolute atomic E-state index is 12.5. The molecule has 1 aliphatic heterocycles. The molecule has 24 heavy (non-hydrogen) atoms. The van der Waals surface area contributed by atoms with Gasteiger partial charge in [0.1, 0.15) is 5.71 Å². The fourth-order valence-electron chi connectivity index (χ4n) is 3.15. The SMILES string of the molecule is CN1N=C(C(=O)N[C@@H](Cc2ccncc2)C2CC(O)C2)CCC1=O. The van der Waals surface area contributed by atoms with Crippen LogP contribution in [-0.4, -0.2) is 51.8 Å². The van der Waals surface area contributed by atoms with Crippen molar-refractivity contribution in [3.05, 3.63) is 30.1 Å². The fourth-order valence-corrected chi connectivity index (χ4v) is 3.15. The molecule has 2 aliphatic rings. The second kappa shape index (κ2) is 7.09. The minimum Gasteiger partial charge on any atom is -0.393 e. The highest BCUT2D eigenvalue weighted by Gasteiger charge is 2.35. The van der Waals surface area contributed by atoms with Crippen LogP contribution in [0.3, 0.4) is 0 Å². The van der Waals surface area contributed by atoms with Crippen molar-refractivity contribution >= 4 is 17.5 Å². The molecule has 128 valence electrons. The maximum Gasteiger partial charge on any atom is 0.267 e. The molecule has 7 heteroatoms. The molecular weight excluding hydrogens is 308 g/mol. The number of amides is 2. The number of pyridine rings is 1. The van der Waals surface area contributed by atoms with Gasteiger partial charge in [0.2, 0.25) is 5.91 Å². The summed E-state index contributed by atoms with van der Waals surface area (Å²) < 4.78 is 0. The first-order valence-electron chi connectivity index (χ1n) is 8.25. The molecule has 2 amide bonds. The lowest BCUT2D eigenvalue weighted by Gasteiger charge is -2.38.